The number of hydrogen-bond acceptors (Lipinski definition) is 4. The van der Waals surface area contributed by atoms with E-state index in [4.69, 9.17) is 0 Å². The molecule has 2 aliphatic heterocycles. The molecule has 9 heteroatoms. The van der Waals surface area contributed by atoms with Crippen LogP contribution in [0, 0.1) is 5.41 Å². The molecule has 118 valence electrons. The van der Waals surface area contributed by atoms with Crippen molar-refractivity contribution in [3.05, 3.63) is 11.2 Å². The van der Waals surface area contributed by atoms with Crippen LogP contribution >= 0.6 is 23.7 Å². The molecule has 1 amide bonds. The molecule has 0 aliphatic carbocycles. The Morgan fingerprint density at radius 2 is 1.95 bits per heavy atom. The van der Waals surface area contributed by atoms with Gasteiger partial charge in [0.1, 0.15) is 5.00 Å². The van der Waals surface area contributed by atoms with Crippen molar-refractivity contribution in [1.29, 1.82) is 0 Å². The number of rotatable bonds is 1. The molecule has 4 nitrogen and oxygen atoms in total. The van der Waals surface area contributed by atoms with E-state index in [0.717, 1.165) is 32.1 Å². The lowest BCUT2D eigenvalue weighted by Crippen LogP contribution is -2.42. The fourth-order valence-corrected chi connectivity index (χ4v) is 3.73. The zero-order valence-electron chi connectivity index (χ0n) is 11.1. The Morgan fingerprint density at radius 1 is 1.29 bits per heavy atom. The Bertz CT molecular complexity index is 528. The summed E-state index contributed by atoms with van der Waals surface area (Å²) in [4.78, 5) is 17.4. The number of alkyl halides is 3. The van der Waals surface area contributed by atoms with E-state index in [9.17, 15) is 18.0 Å². The van der Waals surface area contributed by atoms with Crippen molar-refractivity contribution in [3.8, 4) is 0 Å². The Hall–Kier alpha value is -0.860. The van der Waals surface area contributed by atoms with Crippen molar-refractivity contribution >= 4 is 34.7 Å². The van der Waals surface area contributed by atoms with E-state index in [1.54, 1.807) is 0 Å². The number of hydrogen-bond donors (Lipinski definition) is 1. The molecule has 1 N–H and O–H groups in total. The van der Waals surface area contributed by atoms with Crippen LogP contribution in [0.25, 0.3) is 0 Å². The molecule has 3 rings (SSSR count). The van der Waals surface area contributed by atoms with Crippen LogP contribution in [0.3, 0.4) is 0 Å². The van der Waals surface area contributed by atoms with Gasteiger partial charge >= 0.3 is 6.18 Å². The lowest BCUT2D eigenvalue weighted by Gasteiger charge is -2.31. The standard InChI is InChI=1S/C12H14F3N3OS.ClH/c13-12(14,15)9-17-7-8(20-9)18-6-3-11(10(18)19)1-4-16-5-2-11;/h7,16H,1-6H2;1H. The molecule has 1 aromatic heterocycles. The largest absolute Gasteiger partial charge is 0.443 e. The smallest absolute Gasteiger partial charge is 0.317 e. The Morgan fingerprint density at radius 3 is 2.52 bits per heavy atom. The van der Waals surface area contributed by atoms with Crippen molar-refractivity contribution in [2.45, 2.75) is 25.4 Å². The van der Waals surface area contributed by atoms with Crippen molar-refractivity contribution in [3.63, 3.8) is 0 Å². The summed E-state index contributed by atoms with van der Waals surface area (Å²) >= 11 is 0.542. The normalized spacial score (nSPS) is 21.7. The predicted molar refractivity (Wildman–Crippen MR) is 75.9 cm³/mol. The highest BCUT2D eigenvalue weighted by Gasteiger charge is 2.48. The SMILES string of the molecule is Cl.O=C1N(c2cnc(C(F)(F)F)s2)CCC12CCNCC2. The lowest BCUT2D eigenvalue weighted by molar-refractivity contribution is -0.137. The average molecular weight is 342 g/mol. The van der Waals surface area contributed by atoms with Crippen LogP contribution in [0.2, 0.25) is 0 Å². The van der Waals surface area contributed by atoms with Gasteiger partial charge in [-0.3, -0.25) is 4.79 Å². The Labute approximate surface area is 130 Å². The summed E-state index contributed by atoms with van der Waals surface area (Å²) in [6.45, 7) is 2.06. The van der Waals surface area contributed by atoms with Crippen molar-refractivity contribution in [2.24, 2.45) is 5.41 Å². The number of carbonyl (C=O) groups is 1. The minimum Gasteiger partial charge on any atom is -0.317 e. The van der Waals surface area contributed by atoms with Crippen LogP contribution in [0.4, 0.5) is 18.2 Å². The molecule has 3 heterocycles. The number of amides is 1. The van der Waals surface area contributed by atoms with Gasteiger partial charge < -0.3 is 10.2 Å². The molecule has 0 radical (unpaired) electrons. The molecule has 0 aromatic carbocycles. The molecule has 0 unspecified atom stereocenters. The second kappa shape index (κ2) is 5.73. The summed E-state index contributed by atoms with van der Waals surface area (Å²) in [5.74, 6) is -0.0450. The van der Waals surface area contributed by atoms with Crippen LogP contribution in [0.1, 0.15) is 24.3 Å². The van der Waals surface area contributed by atoms with E-state index in [0.29, 0.717) is 29.3 Å². The van der Waals surface area contributed by atoms with E-state index in [1.165, 1.54) is 4.90 Å². The molecule has 0 atom stereocenters. The van der Waals surface area contributed by atoms with E-state index in [1.807, 2.05) is 0 Å². The van der Waals surface area contributed by atoms with Gasteiger partial charge in [-0.05, 0) is 32.4 Å². The van der Waals surface area contributed by atoms with Crippen LogP contribution in [0.15, 0.2) is 6.20 Å². The van der Waals surface area contributed by atoms with E-state index in [-0.39, 0.29) is 23.7 Å². The third-order valence-corrected chi connectivity index (χ3v) is 5.14. The van der Waals surface area contributed by atoms with Crippen molar-refractivity contribution in [1.82, 2.24) is 10.3 Å². The number of thiazole rings is 1. The topological polar surface area (TPSA) is 45.2 Å². The van der Waals surface area contributed by atoms with Gasteiger partial charge in [0.2, 0.25) is 5.91 Å². The number of piperidine rings is 1. The Balaban J connectivity index is 0.00000161. The first-order valence-corrected chi connectivity index (χ1v) is 7.30. The predicted octanol–water partition coefficient (Wildman–Crippen LogP) is 2.69. The van der Waals surface area contributed by atoms with Gasteiger partial charge in [0.25, 0.3) is 0 Å². The van der Waals surface area contributed by atoms with Crippen molar-refractivity contribution < 1.29 is 18.0 Å². The van der Waals surface area contributed by atoms with Gasteiger partial charge in [0, 0.05) is 6.54 Å². The van der Waals surface area contributed by atoms with Gasteiger partial charge in [-0.1, -0.05) is 11.3 Å². The van der Waals surface area contributed by atoms with Crippen LogP contribution in [-0.2, 0) is 11.0 Å². The molecule has 0 saturated carbocycles. The maximum absolute atomic E-state index is 12.6. The molecule has 21 heavy (non-hydrogen) atoms. The van der Waals surface area contributed by atoms with E-state index < -0.39 is 11.2 Å². The summed E-state index contributed by atoms with van der Waals surface area (Å²) < 4.78 is 37.7. The highest BCUT2D eigenvalue weighted by molar-refractivity contribution is 7.16. The highest BCUT2D eigenvalue weighted by Crippen LogP contribution is 2.44. The second-order valence-electron chi connectivity index (χ2n) is 5.24. The average Bonchev–Trinajstić information content (AvgIpc) is 2.98. The third-order valence-electron chi connectivity index (χ3n) is 4.08. The quantitative estimate of drug-likeness (QED) is 0.854. The van der Waals surface area contributed by atoms with Crippen LogP contribution in [-0.4, -0.2) is 30.5 Å². The van der Waals surface area contributed by atoms with E-state index >= 15 is 0 Å². The minimum atomic E-state index is -4.45. The first kappa shape index (κ1) is 16.5. The van der Waals surface area contributed by atoms with Gasteiger partial charge in [-0.15, -0.1) is 12.4 Å². The summed E-state index contributed by atoms with van der Waals surface area (Å²) in [6.07, 6.45) is -1.06. The first-order chi connectivity index (χ1) is 9.42. The zero-order valence-corrected chi connectivity index (χ0v) is 12.7. The van der Waals surface area contributed by atoms with Crippen LogP contribution in [0.5, 0.6) is 0 Å². The molecular formula is C12H15ClF3N3OS. The lowest BCUT2D eigenvalue weighted by atomic mass is 9.78. The number of aromatic nitrogens is 1. The maximum atomic E-state index is 12.6. The number of nitrogens with zero attached hydrogens (tertiary/aromatic N) is 2. The zero-order chi connectivity index (χ0) is 14.4. The molecule has 2 aliphatic rings. The monoisotopic (exact) mass is 341 g/mol. The molecule has 1 spiro atoms. The van der Waals surface area contributed by atoms with Gasteiger partial charge in [0.05, 0.1) is 11.6 Å². The number of halogens is 4. The van der Waals surface area contributed by atoms with Crippen molar-refractivity contribution in [2.75, 3.05) is 24.5 Å². The first-order valence-electron chi connectivity index (χ1n) is 6.48. The van der Waals surface area contributed by atoms with Gasteiger partial charge in [-0.2, -0.15) is 13.2 Å². The summed E-state index contributed by atoms with van der Waals surface area (Å²) in [6, 6.07) is 0. The summed E-state index contributed by atoms with van der Waals surface area (Å²) in [7, 11) is 0. The summed E-state index contributed by atoms with van der Waals surface area (Å²) in [5.41, 5.74) is -0.381. The minimum absolute atomic E-state index is 0. The van der Waals surface area contributed by atoms with Gasteiger partial charge in [-0.25, -0.2) is 4.98 Å². The van der Waals surface area contributed by atoms with Crippen LogP contribution < -0.4 is 10.2 Å². The fraction of sp³-hybridized carbons (Fsp3) is 0.667. The molecule has 2 saturated heterocycles. The molecular weight excluding hydrogens is 327 g/mol. The third kappa shape index (κ3) is 2.89. The van der Waals surface area contributed by atoms with E-state index in [2.05, 4.69) is 10.3 Å². The fourth-order valence-electron chi connectivity index (χ4n) is 2.92. The molecule has 2 fully saturated rings. The number of nitrogens with one attached hydrogen (secondary N) is 1. The number of carbonyl (C=O) groups excluding carboxylic acids is 1. The maximum Gasteiger partial charge on any atom is 0.443 e. The summed E-state index contributed by atoms with van der Waals surface area (Å²) in [5, 5.41) is 2.61. The molecule has 1 aromatic rings. The second-order valence-corrected chi connectivity index (χ2v) is 6.25. The molecule has 0 bridgehead atoms. The Kier molecular flexibility index (Phi) is 4.51. The highest BCUT2D eigenvalue weighted by atomic mass is 35.5. The number of anilines is 1. The van der Waals surface area contributed by atoms with Gasteiger partial charge in [0.15, 0.2) is 5.01 Å².